The molecule has 0 fully saturated rings. The maximum absolute atomic E-state index is 12.3. The van der Waals surface area contributed by atoms with Crippen molar-refractivity contribution in [1.29, 1.82) is 0 Å². The number of amides is 1. The maximum Gasteiger partial charge on any atom is 0.246 e. The normalized spacial score (nSPS) is 11.7. The molecule has 1 aromatic carbocycles. The molecule has 0 aliphatic carbocycles. The van der Waals surface area contributed by atoms with Crippen LogP contribution in [0.2, 0.25) is 0 Å². The van der Waals surface area contributed by atoms with Crippen LogP contribution in [0.3, 0.4) is 0 Å². The van der Waals surface area contributed by atoms with Gasteiger partial charge in [-0.15, -0.1) is 11.3 Å². The Morgan fingerprint density at radius 2 is 2.08 bits per heavy atom. The van der Waals surface area contributed by atoms with Crippen LogP contribution in [0.25, 0.3) is 6.08 Å². The summed E-state index contributed by atoms with van der Waals surface area (Å²) in [6.45, 7) is 2.55. The number of hydrogen-bond donors (Lipinski definition) is 1. The zero-order valence-corrected chi connectivity index (χ0v) is 16.8. The summed E-state index contributed by atoms with van der Waals surface area (Å²) in [4.78, 5) is 15.1. The lowest BCUT2D eigenvalue weighted by atomic mass is 10.2. The Kier molecular flexibility index (Phi) is 6.57. The molecule has 1 aromatic heterocycles. The number of thiophene rings is 1. The van der Waals surface area contributed by atoms with E-state index in [4.69, 9.17) is 4.74 Å². The van der Waals surface area contributed by atoms with Crippen molar-refractivity contribution in [2.45, 2.75) is 18.4 Å². The zero-order valence-electron chi connectivity index (χ0n) is 15.1. The lowest BCUT2D eigenvalue weighted by Gasteiger charge is -2.14. The van der Waals surface area contributed by atoms with E-state index in [1.165, 1.54) is 26.3 Å². The van der Waals surface area contributed by atoms with E-state index in [2.05, 4.69) is 4.72 Å². The molecule has 0 radical (unpaired) electrons. The molecule has 140 valence electrons. The second-order valence-electron chi connectivity index (χ2n) is 5.67. The Hall–Kier alpha value is -2.16. The molecule has 0 saturated carbocycles. The van der Waals surface area contributed by atoms with Crippen LogP contribution < -0.4 is 9.46 Å². The van der Waals surface area contributed by atoms with E-state index in [0.717, 1.165) is 10.4 Å². The Morgan fingerprint density at radius 1 is 1.35 bits per heavy atom. The molecule has 0 atom stereocenters. The highest BCUT2D eigenvalue weighted by Crippen LogP contribution is 2.25. The number of sulfonamides is 1. The van der Waals surface area contributed by atoms with Crippen molar-refractivity contribution in [2.24, 2.45) is 0 Å². The van der Waals surface area contributed by atoms with E-state index in [1.54, 1.807) is 41.5 Å². The van der Waals surface area contributed by atoms with Gasteiger partial charge in [-0.3, -0.25) is 4.79 Å². The number of hydrogen-bond acceptors (Lipinski definition) is 5. The minimum absolute atomic E-state index is 0.0275. The Bertz CT molecular complexity index is 917. The summed E-state index contributed by atoms with van der Waals surface area (Å²) in [6, 6.07) is 6.75. The SMILES string of the molecule is CNS(=O)(=O)c1cc(C=CC(=O)N(C)Cc2sccc2C)ccc1OC. The number of ether oxygens (including phenoxy) is 1. The maximum atomic E-state index is 12.3. The molecule has 0 saturated heterocycles. The number of carbonyl (C=O) groups excluding carboxylic acids is 1. The number of likely N-dealkylation sites (N-methyl/N-ethyl adjacent to an activating group) is 1. The van der Waals surface area contributed by atoms with E-state index < -0.39 is 10.0 Å². The summed E-state index contributed by atoms with van der Waals surface area (Å²) in [5.74, 6) is 0.0831. The average molecular weight is 395 g/mol. The third-order valence-corrected chi connectivity index (χ3v) is 6.33. The van der Waals surface area contributed by atoms with E-state index >= 15 is 0 Å². The first-order valence-electron chi connectivity index (χ1n) is 7.86. The molecule has 8 heteroatoms. The van der Waals surface area contributed by atoms with Gasteiger partial charge < -0.3 is 9.64 Å². The summed E-state index contributed by atoms with van der Waals surface area (Å²) in [5, 5.41) is 2.00. The third kappa shape index (κ3) is 4.72. The largest absolute Gasteiger partial charge is 0.495 e. The summed E-state index contributed by atoms with van der Waals surface area (Å²) >= 11 is 1.62. The first-order chi connectivity index (χ1) is 12.3. The van der Waals surface area contributed by atoms with Gasteiger partial charge in [0.05, 0.1) is 13.7 Å². The minimum Gasteiger partial charge on any atom is -0.495 e. The van der Waals surface area contributed by atoms with Crippen LogP contribution in [-0.2, 0) is 21.4 Å². The number of nitrogens with zero attached hydrogens (tertiary/aromatic N) is 1. The topological polar surface area (TPSA) is 75.7 Å². The number of rotatable bonds is 7. The van der Waals surface area contributed by atoms with Crippen molar-refractivity contribution in [2.75, 3.05) is 21.2 Å². The van der Waals surface area contributed by atoms with Gasteiger partial charge in [-0.1, -0.05) is 6.07 Å². The van der Waals surface area contributed by atoms with Crippen LogP contribution in [0.5, 0.6) is 5.75 Å². The van der Waals surface area contributed by atoms with Gasteiger partial charge in [0.15, 0.2) is 0 Å². The first-order valence-corrected chi connectivity index (χ1v) is 10.2. The monoisotopic (exact) mass is 394 g/mol. The number of nitrogens with one attached hydrogen (secondary N) is 1. The van der Waals surface area contributed by atoms with Gasteiger partial charge in [0.1, 0.15) is 10.6 Å². The molecular formula is C18H22N2O4S2. The van der Waals surface area contributed by atoms with Crippen LogP contribution in [0.4, 0.5) is 0 Å². The second-order valence-corrected chi connectivity index (χ2v) is 8.53. The van der Waals surface area contributed by atoms with Crippen molar-refractivity contribution in [3.8, 4) is 5.75 Å². The average Bonchev–Trinajstić information content (AvgIpc) is 3.03. The molecule has 1 N–H and O–H groups in total. The van der Waals surface area contributed by atoms with E-state index in [9.17, 15) is 13.2 Å². The smallest absolute Gasteiger partial charge is 0.246 e. The Morgan fingerprint density at radius 3 is 2.65 bits per heavy atom. The highest BCUT2D eigenvalue weighted by Gasteiger charge is 2.17. The van der Waals surface area contributed by atoms with E-state index in [-0.39, 0.29) is 16.6 Å². The van der Waals surface area contributed by atoms with Gasteiger partial charge >= 0.3 is 0 Å². The van der Waals surface area contributed by atoms with Crippen molar-refractivity contribution >= 4 is 33.3 Å². The number of aryl methyl sites for hydroxylation is 1. The lowest BCUT2D eigenvalue weighted by molar-refractivity contribution is -0.125. The molecule has 6 nitrogen and oxygen atoms in total. The van der Waals surface area contributed by atoms with E-state index in [0.29, 0.717) is 12.1 Å². The number of methoxy groups -OCH3 is 1. The number of benzene rings is 1. The van der Waals surface area contributed by atoms with Crippen LogP contribution in [0, 0.1) is 6.92 Å². The third-order valence-electron chi connectivity index (χ3n) is 3.89. The molecule has 2 rings (SSSR count). The molecule has 1 heterocycles. The molecular weight excluding hydrogens is 372 g/mol. The predicted molar refractivity (Wildman–Crippen MR) is 104 cm³/mol. The van der Waals surface area contributed by atoms with Gasteiger partial charge in [-0.05, 0) is 54.8 Å². The van der Waals surface area contributed by atoms with Crippen molar-refractivity contribution in [3.05, 3.63) is 51.7 Å². The summed E-state index contributed by atoms with van der Waals surface area (Å²) in [7, 11) is 0.816. The van der Waals surface area contributed by atoms with Crippen molar-refractivity contribution in [1.82, 2.24) is 9.62 Å². The number of carbonyl (C=O) groups is 1. The Labute approximate surface area is 158 Å². The van der Waals surface area contributed by atoms with Gasteiger partial charge in [0.2, 0.25) is 15.9 Å². The van der Waals surface area contributed by atoms with Crippen molar-refractivity contribution in [3.63, 3.8) is 0 Å². The van der Waals surface area contributed by atoms with Crippen LogP contribution in [0.1, 0.15) is 16.0 Å². The predicted octanol–water partition coefficient (Wildman–Crippen LogP) is 2.65. The second kappa shape index (κ2) is 8.48. The fourth-order valence-electron chi connectivity index (χ4n) is 2.27. The summed E-state index contributed by atoms with van der Waals surface area (Å²) in [6.07, 6.45) is 3.02. The molecule has 0 spiro atoms. The highest BCUT2D eigenvalue weighted by atomic mass is 32.2. The highest BCUT2D eigenvalue weighted by molar-refractivity contribution is 7.89. The van der Waals surface area contributed by atoms with Gasteiger partial charge in [0, 0.05) is 18.0 Å². The fraction of sp³-hybridized carbons (Fsp3) is 0.278. The standard InChI is InChI=1S/C18H22N2O4S2/c1-13-9-10-25-16(13)12-20(3)18(21)8-6-14-5-7-15(24-4)17(11-14)26(22,23)19-2/h5-11,19H,12H2,1-4H3. The lowest BCUT2D eigenvalue weighted by Crippen LogP contribution is -2.23. The zero-order chi connectivity index (χ0) is 19.3. The molecule has 0 unspecified atom stereocenters. The summed E-state index contributed by atoms with van der Waals surface area (Å²) in [5.41, 5.74) is 1.75. The fourth-order valence-corrected chi connectivity index (χ4v) is 4.16. The molecule has 0 aliphatic rings. The summed E-state index contributed by atoms with van der Waals surface area (Å²) < 4.78 is 31.6. The van der Waals surface area contributed by atoms with Crippen LogP contribution in [0.15, 0.2) is 40.6 Å². The Balaban J connectivity index is 2.18. The van der Waals surface area contributed by atoms with Crippen LogP contribution in [-0.4, -0.2) is 40.4 Å². The van der Waals surface area contributed by atoms with E-state index in [1.807, 2.05) is 18.4 Å². The molecule has 2 aromatic rings. The molecule has 0 bridgehead atoms. The van der Waals surface area contributed by atoms with Gasteiger partial charge in [0.25, 0.3) is 0 Å². The van der Waals surface area contributed by atoms with Crippen LogP contribution >= 0.6 is 11.3 Å². The van der Waals surface area contributed by atoms with Gasteiger partial charge in [-0.2, -0.15) is 0 Å². The molecule has 1 amide bonds. The molecule has 26 heavy (non-hydrogen) atoms. The van der Waals surface area contributed by atoms with Gasteiger partial charge in [-0.25, -0.2) is 13.1 Å². The minimum atomic E-state index is -3.66. The first kappa shape index (κ1) is 20.2. The molecule has 0 aliphatic heterocycles. The quantitative estimate of drug-likeness (QED) is 0.733. The van der Waals surface area contributed by atoms with Crippen molar-refractivity contribution < 1.29 is 17.9 Å².